The van der Waals surface area contributed by atoms with E-state index in [1.54, 1.807) is 24.4 Å². The van der Waals surface area contributed by atoms with Crippen LogP contribution in [-0.4, -0.2) is 38.8 Å². The molecule has 2 N–H and O–H groups in total. The van der Waals surface area contributed by atoms with Gasteiger partial charge in [-0.25, -0.2) is 14.7 Å². The summed E-state index contributed by atoms with van der Waals surface area (Å²) < 4.78 is 1.97. The molecule has 162 valence electrons. The highest BCUT2D eigenvalue weighted by atomic mass is 16.2. The lowest BCUT2D eigenvalue weighted by atomic mass is 10.2. The predicted molar refractivity (Wildman–Crippen MR) is 121 cm³/mol. The average molecular weight is 429 g/mol. The number of amides is 4. The molecule has 0 radical (unpaired) electrons. The van der Waals surface area contributed by atoms with Crippen LogP contribution in [0.4, 0.5) is 10.5 Å². The maximum atomic E-state index is 12.8. The van der Waals surface area contributed by atoms with Crippen molar-refractivity contribution in [3.8, 4) is 5.82 Å². The van der Waals surface area contributed by atoms with Gasteiger partial charge in [0.1, 0.15) is 18.1 Å². The van der Waals surface area contributed by atoms with E-state index in [9.17, 15) is 14.4 Å². The van der Waals surface area contributed by atoms with Crippen LogP contribution in [0.5, 0.6) is 0 Å². The molecule has 0 saturated carbocycles. The molecule has 4 amide bonds. The zero-order chi connectivity index (χ0) is 22.8. The van der Waals surface area contributed by atoms with Crippen molar-refractivity contribution in [2.75, 3.05) is 11.9 Å². The fourth-order valence-corrected chi connectivity index (χ4v) is 3.62. The van der Waals surface area contributed by atoms with Crippen LogP contribution >= 0.6 is 0 Å². The summed E-state index contributed by atoms with van der Waals surface area (Å²) in [6.07, 6.45) is 3.34. The Balaban J connectivity index is 1.51. The highest BCUT2D eigenvalue weighted by Gasteiger charge is 2.35. The maximum Gasteiger partial charge on any atom is 0.329 e. The third-order valence-electron chi connectivity index (χ3n) is 5.25. The van der Waals surface area contributed by atoms with Gasteiger partial charge < -0.3 is 15.2 Å². The van der Waals surface area contributed by atoms with E-state index >= 15 is 0 Å². The highest BCUT2D eigenvalue weighted by Crippen LogP contribution is 2.23. The van der Waals surface area contributed by atoms with Crippen LogP contribution in [0.3, 0.4) is 0 Å². The quantitative estimate of drug-likeness (QED) is 0.480. The third kappa shape index (κ3) is 4.15. The molecule has 8 nitrogen and oxygen atoms in total. The van der Waals surface area contributed by atoms with Crippen molar-refractivity contribution in [3.05, 3.63) is 82.9 Å². The van der Waals surface area contributed by atoms with Gasteiger partial charge in [-0.05, 0) is 62.7 Å². The SMILES string of the molecule is Cc1ccc(NC(=O)CN2C(=O)N/C(=C/c3cc(C)n(-c4ccccn4)c3C)C2=O)cc1. The lowest BCUT2D eigenvalue weighted by Gasteiger charge is -2.12. The number of hydrogen-bond donors (Lipinski definition) is 2. The van der Waals surface area contributed by atoms with Crippen LogP contribution in [0.2, 0.25) is 0 Å². The van der Waals surface area contributed by atoms with Gasteiger partial charge in [0.05, 0.1) is 0 Å². The zero-order valence-corrected chi connectivity index (χ0v) is 18.0. The van der Waals surface area contributed by atoms with Gasteiger partial charge in [-0.3, -0.25) is 9.59 Å². The Bertz CT molecular complexity index is 1230. The van der Waals surface area contributed by atoms with Crippen LogP contribution in [-0.2, 0) is 9.59 Å². The molecule has 2 aromatic heterocycles. The molecule has 3 heterocycles. The molecular weight excluding hydrogens is 406 g/mol. The van der Waals surface area contributed by atoms with Crippen molar-refractivity contribution in [3.63, 3.8) is 0 Å². The first-order chi connectivity index (χ1) is 15.3. The summed E-state index contributed by atoms with van der Waals surface area (Å²) >= 11 is 0. The largest absolute Gasteiger partial charge is 0.329 e. The molecule has 0 aliphatic carbocycles. The molecule has 8 heteroatoms. The fourth-order valence-electron chi connectivity index (χ4n) is 3.62. The number of benzene rings is 1. The monoisotopic (exact) mass is 429 g/mol. The molecule has 1 aliphatic rings. The molecule has 0 atom stereocenters. The first-order valence-electron chi connectivity index (χ1n) is 10.1. The van der Waals surface area contributed by atoms with Gasteiger partial charge in [0.15, 0.2) is 0 Å². The molecule has 32 heavy (non-hydrogen) atoms. The summed E-state index contributed by atoms with van der Waals surface area (Å²) in [6, 6.07) is 14.2. The van der Waals surface area contributed by atoms with Crippen molar-refractivity contribution in [2.24, 2.45) is 0 Å². The Kier molecular flexibility index (Phi) is 5.59. The summed E-state index contributed by atoms with van der Waals surface area (Å²) in [5, 5.41) is 5.27. The van der Waals surface area contributed by atoms with Gasteiger partial charge in [0.25, 0.3) is 5.91 Å². The normalized spacial score (nSPS) is 14.7. The Hall–Kier alpha value is -4.20. The van der Waals surface area contributed by atoms with Crippen molar-refractivity contribution >= 4 is 29.6 Å². The number of nitrogens with zero attached hydrogens (tertiary/aromatic N) is 3. The van der Waals surface area contributed by atoms with Crippen LogP contribution in [0.25, 0.3) is 11.9 Å². The minimum atomic E-state index is -0.626. The second kappa shape index (κ2) is 8.50. The van der Waals surface area contributed by atoms with Gasteiger partial charge >= 0.3 is 6.03 Å². The molecular formula is C24H23N5O3. The van der Waals surface area contributed by atoms with E-state index in [1.165, 1.54) is 0 Å². The van der Waals surface area contributed by atoms with E-state index in [2.05, 4.69) is 15.6 Å². The van der Waals surface area contributed by atoms with E-state index < -0.39 is 17.8 Å². The number of urea groups is 1. The fraction of sp³-hybridized carbons (Fsp3) is 0.167. The van der Waals surface area contributed by atoms with Gasteiger partial charge in [0, 0.05) is 23.3 Å². The van der Waals surface area contributed by atoms with Crippen LogP contribution in [0, 0.1) is 20.8 Å². The Morgan fingerprint density at radius 2 is 1.84 bits per heavy atom. The van der Waals surface area contributed by atoms with E-state index in [4.69, 9.17) is 0 Å². The van der Waals surface area contributed by atoms with Gasteiger partial charge in [-0.15, -0.1) is 0 Å². The summed E-state index contributed by atoms with van der Waals surface area (Å²) in [4.78, 5) is 42.8. The standard InChI is InChI=1S/C24H23N5O3/c1-15-7-9-19(10-8-15)26-22(30)14-28-23(31)20(27-24(28)32)13-18-12-16(2)29(17(18)3)21-6-4-5-11-25-21/h4-13H,14H2,1-3H3,(H,26,30)(H,27,32)/b20-13+. The second-order valence-electron chi connectivity index (χ2n) is 7.64. The Morgan fingerprint density at radius 3 is 2.53 bits per heavy atom. The molecule has 4 rings (SSSR count). The number of carbonyl (C=O) groups excluding carboxylic acids is 3. The van der Waals surface area contributed by atoms with Gasteiger partial charge in [0.2, 0.25) is 5.91 Å². The number of imide groups is 1. The van der Waals surface area contributed by atoms with Crippen LogP contribution < -0.4 is 10.6 Å². The molecule has 1 fully saturated rings. The maximum absolute atomic E-state index is 12.8. The van der Waals surface area contributed by atoms with Crippen molar-refractivity contribution in [2.45, 2.75) is 20.8 Å². The summed E-state index contributed by atoms with van der Waals surface area (Å²) in [7, 11) is 0. The highest BCUT2D eigenvalue weighted by molar-refractivity contribution is 6.16. The van der Waals surface area contributed by atoms with Crippen molar-refractivity contribution < 1.29 is 14.4 Å². The number of aromatic nitrogens is 2. The molecule has 3 aromatic rings. The molecule has 1 aliphatic heterocycles. The van der Waals surface area contributed by atoms with E-state index in [0.29, 0.717) is 5.69 Å². The number of rotatable bonds is 5. The smallest absolute Gasteiger partial charge is 0.325 e. The molecule has 1 aromatic carbocycles. The first kappa shape index (κ1) is 21.0. The minimum Gasteiger partial charge on any atom is -0.325 e. The van der Waals surface area contributed by atoms with Crippen molar-refractivity contribution in [1.82, 2.24) is 19.8 Å². The van der Waals surface area contributed by atoms with Crippen LogP contribution in [0.1, 0.15) is 22.5 Å². The molecule has 1 saturated heterocycles. The molecule has 0 spiro atoms. The second-order valence-corrected chi connectivity index (χ2v) is 7.64. The minimum absolute atomic E-state index is 0.124. The number of hydrogen-bond acceptors (Lipinski definition) is 4. The first-order valence-corrected chi connectivity index (χ1v) is 10.1. The predicted octanol–water partition coefficient (Wildman–Crippen LogP) is 3.33. The topological polar surface area (TPSA) is 96.3 Å². The number of aryl methyl sites for hydroxylation is 2. The van der Waals surface area contributed by atoms with E-state index in [-0.39, 0.29) is 12.2 Å². The van der Waals surface area contributed by atoms with Gasteiger partial charge in [-0.2, -0.15) is 0 Å². The Morgan fingerprint density at radius 1 is 1.09 bits per heavy atom. The molecule has 0 bridgehead atoms. The lowest BCUT2D eigenvalue weighted by Crippen LogP contribution is -2.38. The zero-order valence-electron chi connectivity index (χ0n) is 18.0. The van der Waals surface area contributed by atoms with Gasteiger partial charge in [-0.1, -0.05) is 23.8 Å². The van der Waals surface area contributed by atoms with Crippen LogP contribution in [0.15, 0.2) is 60.4 Å². The average Bonchev–Trinajstić information content (AvgIpc) is 3.19. The molecule has 0 unspecified atom stereocenters. The number of anilines is 1. The Labute approximate surface area is 185 Å². The lowest BCUT2D eigenvalue weighted by molar-refractivity contribution is -0.127. The van der Waals surface area contributed by atoms with E-state index in [1.807, 2.05) is 61.7 Å². The number of carbonyl (C=O) groups is 3. The summed E-state index contributed by atoms with van der Waals surface area (Å²) in [6.45, 7) is 5.44. The third-order valence-corrected chi connectivity index (χ3v) is 5.25. The van der Waals surface area contributed by atoms with E-state index in [0.717, 1.165) is 33.2 Å². The number of nitrogens with one attached hydrogen (secondary N) is 2. The summed E-state index contributed by atoms with van der Waals surface area (Å²) in [5.41, 5.74) is 4.40. The summed E-state index contributed by atoms with van der Waals surface area (Å²) in [5.74, 6) is -0.230. The van der Waals surface area contributed by atoms with Crippen molar-refractivity contribution in [1.29, 1.82) is 0 Å². The number of pyridine rings is 1.